The lowest BCUT2D eigenvalue weighted by Gasteiger charge is -2.16. The van der Waals surface area contributed by atoms with Crippen molar-refractivity contribution in [2.24, 2.45) is 0 Å². The van der Waals surface area contributed by atoms with Crippen LogP contribution in [-0.2, 0) is 33.9 Å². The molecule has 13 heteroatoms. The number of alkyl carbamates (subject to hydrolysis) is 1. The maximum Gasteiger partial charge on any atom is 0.407 e. The zero-order valence-corrected chi connectivity index (χ0v) is 26.3. The third-order valence-corrected chi connectivity index (χ3v) is 8.08. The maximum absolute atomic E-state index is 14.4. The molecule has 0 aliphatic carbocycles. The van der Waals surface area contributed by atoms with Crippen LogP contribution < -0.4 is 15.6 Å². The van der Waals surface area contributed by atoms with Gasteiger partial charge in [0.1, 0.15) is 29.8 Å². The van der Waals surface area contributed by atoms with Gasteiger partial charge in [0.15, 0.2) is 5.78 Å². The number of benzene rings is 2. The maximum atomic E-state index is 14.4. The summed E-state index contributed by atoms with van der Waals surface area (Å²) in [6, 6.07) is 9.34. The van der Waals surface area contributed by atoms with Gasteiger partial charge in [-0.15, -0.1) is 0 Å². The number of hydrogen-bond acceptors (Lipinski definition) is 6. The molecular formula is C35H35F3N4O6. The number of Topliss-reactive ketones (excluding diaryl/α,β-unsaturated/α-hetero) is 1. The molecule has 0 bridgehead atoms. The molecule has 2 amide bonds. The average molecular weight is 665 g/mol. The monoisotopic (exact) mass is 664 g/mol. The van der Waals surface area contributed by atoms with Crippen LogP contribution in [0.25, 0.3) is 10.9 Å². The van der Waals surface area contributed by atoms with Crippen molar-refractivity contribution < 1.29 is 37.0 Å². The number of carbonyl (C=O) groups excluding carboxylic acids is 3. The van der Waals surface area contributed by atoms with Crippen LogP contribution in [0, 0.1) is 17.5 Å². The lowest BCUT2D eigenvalue weighted by Crippen LogP contribution is -2.42. The SMILES string of the molecule is COC(=O)N[C@@H](CC/C=C/C(=O)N1CCCC1)C(=O)Cc1cccn(Cc2cc3cc(F)cc(OCc4ccc(F)cc4F)c3[nH]2)c1=O. The van der Waals surface area contributed by atoms with Gasteiger partial charge in [-0.25, -0.2) is 18.0 Å². The molecule has 2 aromatic heterocycles. The predicted molar refractivity (Wildman–Crippen MR) is 171 cm³/mol. The van der Waals surface area contributed by atoms with Crippen molar-refractivity contribution in [3.8, 4) is 5.75 Å². The van der Waals surface area contributed by atoms with E-state index in [1.54, 1.807) is 29.3 Å². The van der Waals surface area contributed by atoms with Crippen LogP contribution >= 0.6 is 0 Å². The first-order valence-corrected chi connectivity index (χ1v) is 15.5. The normalized spacial score (nSPS) is 13.6. The van der Waals surface area contributed by atoms with Gasteiger partial charge in [0.05, 0.1) is 25.2 Å². The number of fused-ring (bicyclic) bond motifs is 1. The van der Waals surface area contributed by atoms with E-state index in [-0.39, 0.29) is 48.8 Å². The Labute approximate surface area is 274 Å². The van der Waals surface area contributed by atoms with Gasteiger partial charge in [0.25, 0.3) is 5.56 Å². The Kier molecular flexibility index (Phi) is 11.0. The number of nitrogens with zero attached hydrogens (tertiary/aromatic N) is 2. The van der Waals surface area contributed by atoms with Gasteiger partial charge in [0.2, 0.25) is 5.91 Å². The summed E-state index contributed by atoms with van der Waals surface area (Å²) in [5.74, 6) is -2.51. The van der Waals surface area contributed by atoms with Crippen LogP contribution in [0.5, 0.6) is 5.75 Å². The molecule has 0 radical (unpaired) electrons. The van der Waals surface area contributed by atoms with Crippen molar-refractivity contribution in [1.29, 1.82) is 0 Å². The smallest absolute Gasteiger partial charge is 0.407 e. The molecular weight excluding hydrogens is 629 g/mol. The minimum Gasteiger partial charge on any atom is -0.486 e. The fraction of sp³-hybridized carbons (Fsp3) is 0.314. The van der Waals surface area contributed by atoms with Crippen LogP contribution in [0.4, 0.5) is 18.0 Å². The van der Waals surface area contributed by atoms with Crippen LogP contribution in [0.15, 0.2) is 71.7 Å². The molecule has 1 saturated heterocycles. The quantitative estimate of drug-likeness (QED) is 0.190. The molecule has 2 N–H and O–H groups in total. The highest BCUT2D eigenvalue weighted by Crippen LogP contribution is 2.29. The van der Waals surface area contributed by atoms with E-state index in [0.717, 1.165) is 44.1 Å². The summed E-state index contributed by atoms with van der Waals surface area (Å²) in [6.45, 7) is 1.22. The summed E-state index contributed by atoms with van der Waals surface area (Å²) in [5, 5.41) is 2.97. The van der Waals surface area contributed by atoms with Crippen molar-refractivity contribution in [2.45, 2.75) is 51.3 Å². The van der Waals surface area contributed by atoms with Crippen molar-refractivity contribution in [2.75, 3.05) is 20.2 Å². The lowest BCUT2D eigenvalue weighted by atomic mass is 10.0. The Morgan fingerprint density at radius 2 is 1.81 bits per heavy atom. The second-order valence-electron chi connectivity index (χ2n) is 11.5. The molecule has 1 atom stereocenters. The Balaban J connectivity index is 1.27. The fourth-order valence-corrected chi connectivity index (χ4v) is 5.57. The fourth-order valence-electron chi connectivity index (χ4n) is 5.57. The number of carbonyl (C=O) groups is 3. The third-order valence-electron chi connectivity index (χ3n) is 8.08. The molecule has 10 nitrogen and oxygen atoms in total. The van der Waals surface area contributed by atoms with Gasteiger partial charge in [-0.2, -0.15) is 0 Å². The summed E-state index contributed by atoms with van der Waals surface area (Å²) in [4.78, 5) is 55.8. The molecule has 0 unspecified atom stereocenters. The van der Waals surface area contributed by atoms with Gasteiger partial charge in [0, 0.05) is 60.0 Å². The van der Waals surface area contributed by atoms with Gasteiger partial charge in [-0.1, -0.05) is 12.1 Å². The summed E-state index contributed by atoms with van der Waals surface area (Å²) < 4.78 is 53.6. The molecule has 1 aliphatic rings. The van der Waals surface area contributed by atoms with Gasteiger partial charge >= 0.3 is 6.09 Å². The van der Waals surface area contributed by atoms with Crippen molar-refractivity contribution in [3.63, 3.8) is 0 Å². The number of pyridine rings is 1. The Bertz CT molecular complexity index is 1900. The Morgan fingerprint density at radius 1 is 1.02 bits per heavy atom. The number of halogens is 3. The van der Waals surface area contributed by atoms with Gasteiger partial charge in [-0.05, 0) is 62.1 Å². The number of rotatable bonds is 13. The molecule has 4 aromatic rings. The highest BCUT2D eigenvalue weighted by Gasteiger charge is 2.23. The van der Waals surface area contributed by atoms with E-state index in [9.17, 15) is 32.3 Å². The third kappa shape index (κ3) is 8.52. The first-order chi connectivity index (χ1) is 23.1. The topological polar surface area (TPSA) is 123 Å². The summed E-state index contributed by atoms with van der Waals surface area (Å²) in [5.41, 5.74) is 0.797. The van der Waals surface area contributed by atoms with E-state index in [0.29, 0.717) is 23.0 Å². The second kappa shape index (κ2) is 15.5. The van der Waals surface area contributed by atoms with Crippen LogP contribution in [0.3, 0.4) is 0 Å². The number of nitrogens with one attached hydrogen (secondary N) is 2. The van der Waals surface area contributed by atoms with E-state index in [2.05, 4.69) is 15.0 Å². The van der Waals surface area contributed by atoms with Crippen LogP contribution in [0.1, 0.15) is 42.5 Å². The molecule has 2 aromatic carbocycles. The molecule has 0 saturated carbocycles. The van der Waals surface area contributed by atoms with Crippen LogP contribution in [-0.4, -0.2) is 58.5 Å². The highest BCUT2D eigenvalue weighted by atomic mass is 19.1. The van der Waals surface area contributed by atoms with Gasteiger partial charge in [-0.3, -0.25) is 14.4 Å². The average Bonchev–Trinajstić information content (AvgIpc) is 3.74. The van der Waals surface area contributed by atoms with E-state index in [4.69, 9.17) is 4.74 Å². The Hall–Kier alpha value is -5.33. The van der Waals surface area contributed by atoms with Gasteiger partial charge < -0.3 is 29.2 Å². The molecule has 3 heterocycles. The van der Waals surface area contributed by atoms with E-state index >= 15 is 0 Å². The number of aromatic amines is 1. The minimum atomic E-state index is -0.956. The van der Waals surface area contributed by atoms with E-state index in [1.165, 1.54) is 36.0 Å². The number of ketones is 1. The number of ether oxygens (including phenoxy) is 2. The lowest BCUT2D eigenvalue weighted by molar-refractivity contribution is -0.125. The van der Waals surface area contributed by atoms with E-state index in [1.807, 2.05) is 0 Å². The number of allylic oxidation sites excluding steroid dienone is 1. The predicted octanol–water partition coefficient (Wildman–Crippen LogP) is 5.17. The summed E-state index contributed by atoms with van der Waals surface area (Å²) in [6.07, 6.45) is 6.11. The molecule has 48 heavy (non-hydrogen) atoms. The molecule has 0 spiro atoms. The number of hydrogen-bond donors (Lipinski definition) is 2. The molecule has 5 rings (SSSR count). The van der Waals surface area contributed by atoms with Crippen molar-refractivity contribution in [1.82, 2.24) is 19.8 Å². The number of aromatic nitrogens is 2. The highest BCUT2D eigenvalue weighted by molar-refractivity contribution is 5.89. The minimum absolute atomic E-state index is 0.0445. The summed E-state index contributed by atoms with van der Waals surface area (Å²) >= 11 is 0. The van der Waals surface area contributed by atoms with E-state index < -0.39 is 40.9 Å². The zero-order chi connectivity index (χ0) is 34.2. The van der Waals surface area contributed by atoms with Crippen molar-refractivity contribution in [3.05, 3.63) is 112 Å². The van der Waals surface area contributed by atoms with Crippen molar-refractivity contribution >= 4 is 28.7 Å². The standard InChI is InChI=1S/C35H35F3N4O6/c1-47-35(46)40-29(8-2-3-9-32(44)41-12-4-5-13-41)30(43)17-22-7-6-14-42(34(22)45)20-27-16-24-15-26(37)19-31(33(24)39-27)48-21-23-10-11-25(36)18-28(23)38/h3,6-7,9-11,14-16,18-19,29,39H,2,4-5,8,12-13,17,20-21H2,1H3,(H,40,46)/b9-3+/t29-/m0/s1. The summed E-state index contributed by atoms with van der Waals surface area (Å²) in [7, 11) is 1.18. The first-order valence-electron chi connectivity index (χ1n) is 15.5. The largest absolute Gasteiger partial charge is 0.486 e. The molecule has 1 aliphatic heterocycles. The first kappa shape index (κ1) is 34.0. The number of methoxy groups -OCH3 is 1. The molecule has 252 valence electrons. The Morgan fingerprint density at radius 3 is 2.56 bits per heavy atom. The molecule has 1 fully saturated rings. The zero-order valence-electron chi connectivity index (χ0n) is 26.3. The second-order valence-corrected chi connectivity index (χ2v) is 11.5. The van der Waals surface area contributed by atoms with Crippen LogP contribution in [0.2, 0.25) is 0 Å². The number of amides is 2. The number of H-pyrrole nitrogens is 1. The number of likely N-dealkylation sites (tertiary alicyclic amines) is 1.